The largest absolute Gasteiger partial charge is 0.343 e. The molecule has 0 aliphatic rings. The average molecular weight is 251 g/mol. The van der Waals surface area contributed by atoms with E-state index in [0.29, 0.717) is 6.54 Å². The van der Waals surface area contributed by atoms with E-state index in [1.54, 1.807) is 6.20 Å². The van der Waals surface area contributed by atoms with Gasteiger partial charge in [0.15, 0.2) is 0 Å². The number of rotatable bonds is 5. The van der Waals surface area contributed by atoms with Crippen LogP contribution in [0.5, 0.6) is 0 Å². The zero-order valence-electron chi connectivity index (χ0n) is 9.43. The predicted octanol–water partition coefficient (Wildman–Crippen LogP) is 1.14. The van der Waals surface area contributed by atoms with Crippen molar-refractivity contribution in [2.45, 2.75) is 26.3 Å². The van der Waals surface area contributed by atoms with Crippen molar-refractivity contribution in [3.05, 3.63) is 28.2 Å². The van der Waals surface area contributed by atoms with Crippen molar-refractivity contribution in [2.24, 2.45) is 0 Å². The quantitative estimate of drug-likeness (QED) is 0.834. The van der Waals surface area contributed by atoms with Gasteiger partial charge in [-0.2, -0.15) is 0 Å². The summed E-state index contributed by atoms with van der Waals surface area (Å²) < 4.78 is 0. The molecule has 6 nitrogen and oxygen atoms in total. The Bertz CT molecular complexity index is 479. The van der Waals surface area contributed by atoms with Crippen molar-refractivity contribution in [1.29, 1.82) is 0 Å². The molecule has 0 saturated heterocycles. The maximum Gasteiger partial charge on any atom is 0.291 e. The van der Waals surface area contributed by atoms with E-state index >= 15 is 0 Å². The van der Waals surface area contributed by atoms with Crippen molar-refractivity contribution in [2.75, 3.05) is 0 Å². The lowest BCUT2D eigenvalue weighted by molar-refractivity contribution is 0.0941. The highest BCUT2D eigenvalue weighted by Gasteiger charge is 2.11. The van der Waals surface area contributed by atoms with Crippen LogP contribution >= 0.6 is 11.3 Å². The third kappa shape index (κ3) is 3.10. The predicted molar refractivity (Wildman–Crippen MR) is 63.7 cm³/mol. The van der Waals surface area contributed by atoms with Crippen LogP contribution in [-0.2, 0) is 13.0 Å². The van der Waals surface area contributed by atoms with Crippen molar-refractivity contribution in [3.8, 4) is 0 Å². The molecule has 0 spiro atoms. The molecule has 2 aromatic heterocycles. The molecule has 2 rings (SSSR count). The topological polar surface area (TPSA) is 83.6 Å². The number of nitrogens with one attached hydrogen (secondary N) is 2. The number of carbonyl (C=O) groups is 1. The maximum atomic E-state index is 11.7. The van der Waals surface area contributed by atoms with Gasteiger partial charge >= 0.3 is 0 Å². The lowest BCUT2D eigenvalue weighted by atomic mass is 10.3. The molecule has 0 saturated carbocycles. The Morgan fingerprint density at radius 3 is 3.18 bits per heavy atom. The fourth-order valence-electron chi connectivity index (χ4n) is 1.32. The Morgan fingerprint density at radius 1 is 1.59 bits per heavy atom. The highest BCUT2D eigenvalue weighted by atomic mass is 32.1. The van der Waals surface area contributed by atoms with E-state index in [2.05, 4.69) is 25.5 Å². The fraction of sp³-hybridized carbons (Fsp3) is 0.400. The van der Waals surface area contributed by atoms with Gasteiger partial charge in [-0.25, -0.2) is 9.97 Å². The van der Waals surface area contributed by atoms with Gasteiger partial charge in [0.05, 0.1) is 6.54 Å². The molecule has 0 radical (unpaired) electrons. The Hall–Kier alpha value is -1.76. The zero-order chi connectivity index (χ0) is 12.1. The highest BCUT2D eigenvalue weighted by Crippen LogP contribution is 2.03. The zero-order valence-corrected chi connectivity index (χ0v) is 10.3. The molecule has 2 N–H and O–H groups in total. The number of amides is 1. The normalized spacial score (nSPS) is 10.4. The van der Waals surface area contributed by atoms with E-state index in [9.17, 15) is 4.79 Å². The molecule has 1 amide bonds. The van der Waals surface area contributed by atoms with Crippen LogP contribution in [0.25, 0.3) is 0 Å². The van der Waals surface area contributed by atoms with Gasteiger partial charge in [-0.3, -0.25) is 9.89 Å². The van der Waals surface area contributed by atoms with E-state index in [4.69, 9.17) is 0 Å². The standard InChI is InChI=1S/C10H13N5OS/c1-2-3-7-13-9(15-14-7)10(16)12-6-8-11-4-5-17-8/h4-5H,2-3,6H2,1H3,(H,12,16)(H,13,14,15). The van der Waals surface area contributed by atoms with Crippen LogP contribution in [0.2, 0.25) is 0 Å². The van der Waals surface area contributed by atoms with E-state index in [1.165, 1.54) is 11.3 Å². The Labute approximate surface area is 103 Å². The van der Waals surface area contributed by atoms with Crippen molar-refractivity contribution in [1.82, 2.24) is 25.5 Å². The molecule has 2 heterocycles. The van der Waals surface area contributed by atoms with Crippen LogP contribution in [-0.4, -0.2) is 26.1 Å². The number of hydrogen-bond donors (Lipinski definition) is 2. The summed E-state index contributed by atoms with van der Waals surface area (Å²) in [6, 6.07) is 0. The summed E-state index contributed by atoms with van der Waals surface area (Å²) in [7, 11) is 0. The van der Waals surface area contributed by atoms with Gasteiger partial charge in [-0.05, 0) is 6.42 Å². The number of H-pyrrole nitrogens is 1. The summed E-state index contributed by atoms with van der Waals surface area (Å²) in [5, 5.41) is 12.1. The van der Waals surface area contributed by atoms with Gasteiger partial charge in [0.25, 0.3) is 5.91 Å². The van der Waals surface area contributed by atoms with E-state index in [0.717, 1.165) is 23.7 Å². The monoisotopic (exact) mass is 251 g/mol. The minimum atomic E-state index is -0.279. The molecule has 0 bridgehead atoms. The Morgan fingerprint density at radius 2 is 2.47 bits per heavy atom. The Balaban J connectivity index is 1.90. The van der Waals surface area contributed by atoms with E-state index in [1.807, 2.05) is 12.3 Å². The summed E-state index contributed by atoms with van der Waals surface area (Å²) in [6.07, 6.45) is 3.47. The number of nitrogens with zero attached hydrogens (tertiary/aromatic N) is 3. The second-order valence-electron chi connectivity index (χ2n) is 3.46. The Kier molecular flexibility index (Phi) is 3.81. The first-order chi connectivity index (χ1) is 8.29. The number of aromatic nitrogens is 4. The number of aryl methyl sites for hydroxylation is 1. The first-order valence-corrected chi connectivity index (χ1v) is 6.25. The second-order valence-corrected chi connectivity index (χ2v) is 4.44. The van der Waals surface area contributed by atoms with E-state index < -0.39 is 0 Å². The molecule has 0 aliphatic heterocycles. The highest BCUT2D eigenvalue weighted by molar-refractivity contribution is 7.09. The van der Waals surface area contributed by atoms with Crippen molar-refractivity contribution >= 4 is 17.2 Å². The SMILES string of the molecule is CCCc1nc(C(=O)NCc2nccs2)n[nH]1. The summed E-state index contributed by atoms with van der Waals surface area (Å²) >= 11 is 1.50. The third-order valence-corrected chi connectivity index (χ3v) is 2.88. The van der Waals surface area contributed by atoms with Crippen LogP contribution in [0.15, 0.2) is 11.6 Å². The molecule has 0 fully saturated rings. The van der Waals surface area contributed by atoms with Crippen LogP contribution < -0.4 is 5.32 Å². The lowest BCUT2D eigenvalue weighted by Gasteiger charge is -1.98. The first kappa shape index (κ1) is 11.7. The third-order valence-electron chi connectivity index (χ3n) is 2.11. The fourth-order valence-corrected chi connectivity index (χ4v) is 1.88. The summed E-state index contributed by atoms with van der Waals surface area (Å²) in [6.45, 7) is 2.46. The van der Waals surface area contributed by atoms with E-state index in [-0.39, 0.29) is 11.7 Å². The van der Waals surface area contributed by atoms with Gasteiger partial charge in [0.1, 0.15) is 10.8 Å². The van der Waals surface area contributed by atoms with Crippen LogP contribution in [0.3, 0.4) is 0 Å². The number of hydrogen-bond acceptors (Lipinski definition) is 5. The molecule has 90 valence electrons. The molecule has 17 heavy (non-hydrogen) atoms. The average Bonchev–Trinajstić information content (AvgIpc) is 2.97. The molecular formula is C10H13N5OS. The minimum Gasteiger partial charge on any atom is -0.343 e. The molecule has 2 aromatic rings. The minimum absolute atomic E-state index is 0.185. The second kappa shape index (κ2) is 5.53. The summed E-state index contributed by atoms with van der Waals surface area (Å²) in [5.74, 6) is 0.649. The number of thiazole rings is 1. The molecular weight excluding hydrogens is 238 g/mol. The van der Waals surface area contributed by atoms with Crippen LogP contribution in [0, 0.1) is 0 Å². The summed E-state index contributed by atoms with van der Waals surface area (Å²) in [5.41, 5.74) is 0. The van der Waals surface area contributed by atoms with Crippen molar-refractivity contribution in [3.63, 3.8) is 0 Å². The van der Waals surface area contributed by atoms with Crippen molar-refractivity contribution < 1.29 is 4.79 Å². The molecule has 0 aromatic carbocycles. The van der Waals surface area contributed by atoms with Gasteiger partial charge in [-0.15, -0.1) is 16.4 Å². The lowest BCUT2D eigenvalue weighted by Crippen LogP contribution is -2.23. The van der Waals surface area contributed by atoms with Gasteiger partial charge in [0.2, 0.25) is 5.82 Å². The van der Waals surface area contributed by atoms with Gasteiger partial charge in [0, 0.05) is 18.0 Å². The maximum absolute atomic E-state index is 11.7. The van der Waals surface area contributed by atoms with Crippen LogP contribution in [0.4, 0.5) is 0 Å². The number of carbonyl (C=O) groups excluding carboxylic acids is 1. The smallest absolute Gasteiger partial charge is 0.291 e. The van der Waals surface area contributed by atoms with Gasteiger partial charge < -0.3 is 5.32 Å². The summed E-state index contributed by atoms with van der Waals surface area (Å²) in [4.78, 5) is 19.9. The first-order valence-electron chi connectivity index (χ1n) is 5.37. The number of aromatic amines is 1. The van der Waals surface area contributed by atoms with Gasteiger partial charge in [-0.1, -0.05) is 6.92 Å². The molecule has 7 heteroatoms. The molecule has 0 unspecified atom stereocenters. The molecule has 0 atom stereocenters. The molecule has 0 aliphatic carbocycles. The van der Waals surface area contributed by atoms with Crippen LogP contribution in [0.1, 0.15) is 34.8 Å².